The number of hydrogen-bond acceptors (Lipinski definition) is 6. The highest BCUT2D eigenvalue weighted by Gasteiger charge is 2.13. The summed E-state index contributed by atoms with van der Waals surface area (Å²) in [5, 5.41) is 15.3. The molecule has 0 heterocycles. The van der Waals surface area contributed by atoms with E-state index in [1.165, 1.54) is 25.5 Å². The summed E-state index contributed by atoms with van der Waals surface area (Å²) in [5.74, 6) is -2.17. The van der Waals surface area contributed by atoms with Gasteiger partial charge in [-0.1, -0.05) is 6.92 Å². The number of hydrogen-bond donors (Lipinski definition) is 3. The number of nitrogens with zero attached hydrogens (tertiary/aromatic N) is 1. The number of amides is 2. The number of rotatable bonds is 8. The summed E-state index contributed by atoms with van der Waals surface area (Å²) in [6.07, 6.45) is 2.10. The summed E-state index contributed by atoms with van der Waals surface area (Å²) < 4.78 is 10.4. The minimum absolute atomic E-state index is 0.0492. The van der Waals surface area contributed by atoms with E-state index >= 15 is 0 Å². The lowest BCUT2D eigenvalue weighted by Crippen LogP contribution is -2.32. The van der Waals surface area contributed by atoms with Crippen molar-refractivity contribution in [1.29, 1.82) is 0 Å². The molecule has 9 heteroatoms. The summed E-state index contributed by atoms with van der Waals surface area (Å²) in [6, 6.07) is 11.0. The van der Waals surface area contributed by atoms with Crippen LogP contribution < -0.4 is 20.2 Å². The maximum atomic E-state index is 11.9. The van der Waals surface area contributed by atoms with Crippen LogP contribution in [0.5, 0.6) is 11.5 Å². The van der Waals surface area contributed by atoms with E-state index in [2.05, 4.69) is 15.8 Å². The second-order valence-corrected chi connectivity index (χ2v) is 5.79. The van der Waals surface area contributed by atoms with Crippen LogP contribution in [0.2, 0.25) is 0 Å². The number of ether oxygens (including phenoxy) is 2. The van der Waals surface area contributed by atoms with Crippen molar-refractivity contribution in [2.24, 2.45) is 5.10 Å². The quantitative estimate of drug-likeness (QED) is 0.355. The van der Waals surface area contributed by atoms with Crippen molar-refractivity contribution in [1.82, 2.24) is 5.43 Å². The van der Waals surface area contributed by atoms with Gasteiger partial charge < -0.3 is 19.9 Å². The first kappa shape index (κ1) is 21.4. The van der Waals surface area contributed by atoms with Crippen LogP contribution in [0.1, 0.15) is 29.3 Å². The Balaban J connectivity index is 1.92. The van der Waals surface area contributed by atoms with Crippen molar-refractivity contribution in [3.05, 3.63) is 53.6 Å². The third kappa shape index (κ3) is 6.35. The van der Waals surface area contributed by atoms with Crippen LogP contribution in [0, 0.1) is 0 Å². The largest absolute Gasteiger partial charge is 0.496 e. The summed E-state index contributed by atoms with van der Waals surface area (Å²) in [4.78, 5) is 35.0. The van der Waals surface area contributed by atoms with E-state index in [4.69, 9.17) is 14.6 Å². The van der Waals surface area contributed by atoms with Crippen LogP contribution in [-0.4, -0.2) is 42.8 Å². The second-order valence-electron chi connectivity index (χ2n) is 5.79. The summed E-state index contributed by atoms with van der Waals surface area (Å²) in [6.45, 7) is 2.59. The molecule has 0 bridgehead atoms. The van der Waals surface area contributed by atoms with E-state index in [-0.39, 0.29) is 11.3 Å². The monoisotopic (exact) mass is 399 g/mol. The van der Waals surface area contributed by atoms with Gasteiger partial charge in [-0.15, -0.1) is 0 Å². The van der Waals surface area contributed by atoms with Crippen LogP contribution >= 0.6 is 0 Å². The van der Waals surface area contributed by atoms with Gasteiger partial charge in [0.1, 0.15) is 17.1 Å². The molecular formula is C20H21N3O6. The lowest BCUT2D eigenvalue weighted by molar-refractivity contribution is -0.136. The molecule has 152 valence electrons. The standard InChI is InChI=1S/C20H21N3O6/c1-3-10-29-15-7-5-14(6-8-15)22-18(24)19(25)23-21-12-13-4-9-17(28-2)16(11-13)20(26)27/h4-9,11-12H,3,10H2,1-2H3,(H,22,24)(H,23,25)(H,26,27)/b21-12-. The molecule has 0 fully saturated rings. The first-order chi connectivity index (χ1) is 13.9. The Bertz CT molecular complexity index is 909. The molecular weight excluding hydrogens is 378 g/mol. The van der Waals surface area contributed by atoms with Crippen molar-refractivity contribution in [2.75, 3.05) is 19.0 Å². The Labute approximate surface area is 167 Å². The van der Waals surface area contributed by atoms with E-state index in [1.54, 1.807) is 30.3 Å². The summed E-state index contributed by atoms with van der Waals surface area (Å²) >= 11 is 0. The van der Waals surface area contributed by atoms with Gasteiger partial charge in [0.15, 0.2) is 0 Å². The number of nitrogens with one attached hydrogen (secondary N) is 2. The molecule has 0 atom stereocenters. The predicted molar refractivity (Wildman–Crippen MR) is 107 cm³/mol. The molecule has 0 aliphatic carbocycles. The number of anilines is 1. The number of methoxy groups -OCH3 is 1. The summed E-state index contributed by atoms with van der Waals surface area (Å²) in [5.41, 5.74) is 2.87. The molecule has 0 radical (unpaired) electrons. The van der Waals surface area contributed by atoms with Gasteiger partial charge in [-0.05, 0) is 54.4 Å². The maximum Gasteiger partial charge on any atom is 0.339 e. The van der Waals surface area contributed by atoms with Gasteiger partial charge in [-0.2, -0.15) is 5.10 Å². The molecule has 3 N–H and O–H groups in total. The van der Waals surface area contributed by atoms with Crippen LogP contribution in [0.15, 0.2) is 47.6 Å². The van der Waals surface area contributed by atoms with Crippen LogP contribution in [0.25, 0.3) is 0 Å². The van der Waals surface area contributed by atoms with Crippen molar-refractivity contribution in [3.8, 4) is 11.5 Å². The summed E-state index contributed by atoms with van der Waals surface area (Å²) in [7, 11) is 1.36. The Morgan fingerprint density at radius 3 is 2.45 bits per heavy atom. The van der Waals surface area contributed by atoms with Crippen molar-refractivity contribution >= 4 is 29.7 Å². The van der Waals surface area contributed by atoms with Crippen molar-refractivity contribution < 1.29 is 29.0 Å². The first-order valence-electron chi connectivity index (χ1n) is 8.73. The van der Waals surface area contributed by atoms with E-state index in [9.17, 15) is 14.4 Å². The minimum Gasteiger partial charge on any atom is -0.496 e. The topological polar surface area (TPSA) is 126 Å². The predicted octanol–water partition coefficient (Wildman–Crippen LogP) is 2.27. The van der Waals surface area contributed by atoms with Gasteiger partial charge in [-0.3, -0.25) is 9.59 Å². The van der Waals surface area contributed by atoms with Crippen molar-refractivity contribution in [3.63, 3.8) is 0 Å². The van der Waals surface area contributed by atoms with E-state index in [1.807, 2.05) is 6.92 Å². The van der Waals surface area contributed by atoms with Gasteiger partial charge in [0, 0.05) is 5.69 Å². The average molecular weight is 399 g/mol. The Kier molecular flexibility index (Phi) is 7.72. The fourth-order valence-corrected chi connectivity index (χ4v) is 2.23. The molecule has 9 nitrogen and oxygen atoms in total. The van der Waals surface area contributed by atoms with Gasteiger partial charge in [0.25, 0.3) is 0 Å². The number of carboxylic acid groups (broad SMARTS) is 1. The lowest BCUT2D eigenvalue weighted by Gasteiger charge is -2.07. The van der Waals surface area contributed by atoms with Gasteiger partial charge in [0.05, 0.1) is 19.9 Å². The first-order valence-corrected chi connectivity index (χ1v) is 8.73. The highest BCUT2D eigenvalue weighted by atomic mass is 16.5. The molecule has 0 aliphatic rings. The van der Waals surface area contributed by atoms with Gasteiger partial charge >= 0.3 is 17.8 Å². The van der Waals surface area contributed by atoms with Gasteiger partial charge in [0.2, 0.25) is 0 Å². The minimum atomic E-state index is -1.16. The molecule has 29 heavy (non-hydrogen) atoms. The number of hydrazone groups is 1. The number of aromatic carboxylic acids is 1. The molecule has 0 unspecified atom stereocenters. The molecule has 2 rings (SSSR count). The Morgan fingerprint density at radius 2 is 1.83 bits per heavy atom. The van der Waals surface area contributed by atoms with Gasteiger partial charge in [-0.25, -0.2) is 10.2 Å². The number of carbonyl (C=O) groups excluding carboxylic acids is 2. The third-order valence-corrected chi connectivity index (χ3v) is 3.62. The fourth-order valence-electron chi connectivity index (χ4n) is 2.23. The number of benzene rings is 2. The van der Waals surface area contributed by atoms with Crippen molar-refractivity contribution in [2.45, 2.75) is 13.3 Å². The van der Waals surface area contributed by atoms with Crippen LogP contribution in [-0.2, 0) is 9.59 Å². The number of carboxylic acids is 1. The van der Waals surface area contributed by atoms with E-state index < -0.39 is 17.8 Å². The van der Waals surface area contributed by atoms with Crippen LogP contribution in [0.4, 0.5) is 5.69 Å². The number of carbonyl (C=O) groups is 3. The molecule has 2 aromatic carbocycles. The van der Waals surface area contributed by atoms with E-state index in [0.29, 0.717) is 23.6 Å². The molecule has 0 saturated carbocycles. The zero-order valence-electron chi connectivity index (χ0n) is 16.0. The van der Waals surface area contributed by atoms with Crippen LogP contribution in [0.3, 0.4) is 0 Å². The lowest BCUT2D eigenvalue weighted by atomic mass is 10.1. The average Bonchev–Trinajstić information content (AvgIpc) is 2.72. The Hall–Kier alpha value is -3.88. The highest BCUT2D eigenvalue weighted by molar-refractivity contribution is 6.39. The second kappa shape index (κ2) is 10.5. The van der Waals surface area contributed by atoms with E-state index in [0.717, 1.165) is 6.42 Å². The zero-order chi connectivity index (χ0) is 21.2. The smallest absolute Gasteiger partial charge is 0.339 e. The normalized spacial score (nSPS) is 10.4. The fraction of sp³-hybridized carbons (Fsp3) is 0.200. The molecule has 2 amide bonds. The zero-order valence-corrected chi connectivity index (χ0v) is 16.0. The molecule has 0 spiro atoms. The molecule has 2 aromatic rings. The molecule has 0 aromatic heterocycles. The SMILES string of the molecule is CCCOc1ccc(NC(=O)C(=O)N/N=C\c2ccc(OC)c(C(=O)O)c2)cc1. The highest BCUT2D eigenvalue weighted by Crippen LogP contribution is 2.19. The molecule has 0 aliphatic heterocycles. The molecule has 0 saturated heterocycles. The Morgan fingerprint density at radius 1 is 1.10 bits per heavy atom. The maximum absolute atomic E-state index is 11.9. The third-order valence-electron chi connectivity index (χ3n) is 3.62.